The van der Waals surface area contributed by atoms with E-state index in [-0.39, 0.29) is 0 Å². The number of hydrogen-bond acceptors (Lipinski definition) is 2. The fraction of sp³-hybridized carbons (Fsp3) is 0.333. The zero-order valence-corrected chi connectivity index (χ0v) is 9.07. The quantitative estimate of drug-likeness (QED) is 0.829. The first-order valence-corrected chi connectivity index (χ1v) is 5.19. The van der Waals surface area contributed by atoms with Crippen molar-refractivity contribution in [3.63, 3.8) is 0 Å². The molecule has 15 heavy (non-hydrogen) atoms. The molecule has 1 heterocycles. The predicted molar refractivity (Wildman–Crippen MR) is 59.7 cm³/mol. The van der Waals surface area contributed by atoms with Gasteiger partial charge in [-0.25, -0.2) is 4.98 Å². The molecule has 0 unspecified atom stereocenters. The molecule has 3 nitrogen and oxygen atoms in total. The molecule has 1 N–H and O–H groups in total. The van der Waals surface area contributed by atoms with E-state index in [2.05, 4.69) is 53.3 Å². The van der Waals surface area contributed by atoms with E-state index in [9.17, 15) is 0 Å². The van der Waals surface area contributed by atoms with Crippen LogP contribution in [0.15, 0.2) is 30.6 Å². The fourth-order valence-electron chi connectivity index (χ4n) is 1.53. The van der Waals surface area contributed by atoms with Crippen LogP contribution in [0.25, 0.3) is 0 Å². The molecule has 0 saturated heterocycles. The molecule has 78 valence electrons. The number of hydrogen-bond donors (Lipinski definition) is 1. The Hall–Kier alpha value is -1.64. The fourth-order valence-corrected chi connectivity index (χ4v) is 1.53. The highest BCUT2D eigenvalue weighted by molar-refractivity contribution is 5.26. The standard InChI is InChI=1S/C12H15N3/c1-9(2)11-5-3-10(4-6-11)7-12-13-8-14-15-12/h3-6,8-9H,7H2,1-2H3,(H,13,14,15). The number of benzene rings is 1. The summed E-state index contributed by atoms with van der Waals surface area (Å²) in [7, 11) is 0. The first-order valence-electron chi connectivity index (χ1n) is 5.19. The van der Waals surface area contributed by atoms with Crippen LogP contribution in [0.4, 0.5) is 0 Å². The minimum atomic E-state index is 0.587. The normalized spacial score (nSPS) is 10.9. The second kappa shape index (κ2) is 4.26. The number of nitrogens with one attached hydrogen (secondary N) is 1. The van der Waals surface area contributed by atoms with Gasteiger partial charge in [0.2, 0.25) is 0 Å². The molecular formula is C12H15N3. The summed E-state index contributed by atoms with van der Waals surface area (Å²) in [5.41, 5.74) is 2.63. The number of nitrogens with zero attached hydrogens (tertiary/aromatic N) is 2. The molecule has 0 fully saturated rings. The molecule has 0 spiro atoms. The van der Waals surface area contributed by atoms with E-state index in [1.807, 2.05) is 0 Å². The summed E-state index contributed by atoms with van der Waals surface area (Å²) in [5, 5.41) is 6.69. The summed E-state index contributed by atoms with van der Waals surface area (Å²) in [5.74, 6) is 1.50. The molecule has 2 rings (SSSR count). The van der Waals surface area contributed by atoms with Gasteiger partial charge < -0.3 is 0 Å². The number of aromatic nitrogens is 3. The Bertz CT molecular complexity index is 401. The minimum Gasteiger partial charge on any atom is -0.263 e. The number of H-pyrrole nitrogens is 1. The van der Waals surface area contributed by atoms with E-state index >= 15 is 0 Å². The van der Waals surface area contributed by atoms with Gasteiger partial charge >= 0.3 is 0 Å². The molecule has 0 saturated carbocycles. The molecule has 0 atom stereocenters. The van der Waals surface area contributed by atoms with Gasteiger partial charge in [-0.2, -0.15) is 5.10 Å². The minimum absolute atomic E-state index is 0.587. The van der Waals surface area contributed by atoms with E-state index < -0.39 is 0 Å². The second-order valence-corrected chi connectivity index (χ2v) is 4.01. The van der Waals surface area contributed by atoms with Crippen LogP contribution in [-0.4, -0.2) is 15.2 Å². The average molecular weight is 201 g/mol. The first-order chi connectivity index (χ1) is 7.25. The van der Waals surface area contributed by atoms with Crippen LogP contribution >= 0.6 is 0 Å². The largest absolute Gasteiger partial charge is 0.263 e. The van der Waals surface area contributed by atoms with Crippen molar-refractivity contribution in [1.29, 1.82) is 0 Å². The van der Waals surface area contributed by atoms with Gasteiger partial charge in [0.25, 0.3) is 0 Å². The van der Waals surface area contributed by atoms with Crippen LogP contribution in [-0.2, 0) is 6.42 Å². The van der Waals surface area contributed by atoms with Crippen molar-refractivity contribution in [3.05, 3.63) is 47.5 Å². The molecule has 0 amide bonds. The zero-order chi connectivity index (χ0) is 10.7. The van der Waals surface area contributed by atoms with E-state index in [1.165, 1.54) is 17.5 Å². The molecular weight excluding hydrogens is 186 g/mol. The maximum absolute atomic E-state index is 4.10. The zero-order valence-electron chi connectivity index (χ0n) is 9.07. The summed E-state index contributed by atoms with van der Waals surface area (Å²) in [6.45, 7) is 4.40. The van der Waals surface area contributed by atoms with Crippen molar-refractivity contribution < 1.29 is 0 Å². The van der Waals surface area contributed by atoms with Crippen LogP contribution in [0.3, 0.4) is 0 Å². The number of aromatic amines is 1. The maximum Gasteiger partial charge on any atom is 0.137 e. The molecule has 2 aromatic rings. The molecule has 0 radical (unpaired) electrons. The lowest BCUT2D eigenvalue weighted by Gasteiger charge is -2.05. The highest BCUT2D eigenvalue weighted by Gasteiger charge is 2.01. The van der Waals surface area contributed by atoms with E-state index in [1.54, 1.807) is 0 Å². The summed E-state index contributed by atoms with van der Waals surface area (Å²) in [4.78, 5) is 4.10. The monoisotopic (exact) mass is 201 g/mol. The molecule has 0 bridgehead atoms. The van der Waals surface area contributed by atoms with E-state index in [0.29, 0.717) is 5.92 Å². The first kappa shape index (κ1) is 9.90. The van der Waals surface area contributed by atoms with Gasteiger partial charge in [-0.15, -0.1) is 0 Å². The Morgan fingerprint density at radius 3 is 2.47 bits per heavy atom. The third kappa shape index (κ3) is 2.43. The highest BCUT2D eigenvalue weighted by Crippen LogP contribution is 2.15. The Morgan fingerprint density at radius 1 is 1.20 bits per heavy atom. The van der Waals surface area contributed by atoms with Gasteiger partial charge in [0.05, 0.1) is 0 Å². The van der Waals surface area contributed by atoms with Crippen molar-refractivity contribution >= 4 is 0 Å². The Labute approximate surface area is 89.6 Å². The van der Waals surface area contributed by atoms with E-state index in [4.69, 9.17) is 0 Å². The van der Waals surface area contributed by atoms with Crippen LogP contribution in [0.5, 0.6) is 0 Å². The SMILES string of the molecule is CC(C)c1ccc(Cc2ncn[nH]2)cc1. The predicted octanol–water partition coefficient (Wildman–Crippen LogP) is 2.52. The molecule has 0 aliphatic carbocycles. The lowest BCUT2D eigenvalue weighted by atomic mass is 10.0. The van der Waals surface area contributed by atoms with E-state index in [0.717, 1.165) is 12.2 Å². The third-order valence-electron chi connectivity index (χ3n) is 2.48. The summed E-state index contributed by atoms with van der Waals surface area (Å²) in [6.07, 6.45) is 2.36. The van der Waals surface area contributed by atoms with Crippen LogP contribution < -0.4 is 0 Å². The maximum atomic E-state index is 4.10. The van der Waals surface area contributed by atoms with Crippen molar-refractivity contribution in [2.75, 3.05) is 0 Å². The number of rotatable bonds is 3. The molecule has 0 aliphatic heterocycles. The lowest BCUT2D eigenvalue weighted by molar-refractivity contribution is 0.864. The van der Waals surface area contributed by atoms with Gasteiger partial charge in [-0.3, -0.25) is 5.10 Å². The van der Waals surface area contributed by atoms with Gasteiger partial charge in [0.1, 0.15) is 12.2 Å². The molecule has 1 aromatic heterocycles. The van der Waals surface area contributed by atoms with Gasteiger partial charge in [0, 0.05) is 6.42 Å². The highest BCUT2D eigenvalue weighted by atomic mass is 15.2. The second-order valence-electron chi connectivity index (χ2n) is 4.01. The van der Waals surface area contributed by atoms with Gasteiger partial charge in [0.15, 0.2) is 0 Å². The van der Waals surface area contributed by atoms with Gasteiger partial charge in [-0.1, -0.05) is 38.1 Å². The smallest absolute Gasteiger partial charge is 0.137 e. The van der Waals surface area contributed by atoms with Crippen molar-refractivity contribution in [2.24, 2.45) is 0 Å². The summed E-state index contributed by atoms with van der Waals surface area (Å²) in [6, 6.07) is 8.66. The van der Waals surface area contributed by atoms with Crippen molar-refractivity contribution in [2.45, 2.75) is 26.2 Å². The lowest BCUT2D eigenvalue weighted by Crippen LogP contribution is -1.92. The molecule has 3 heteroatoms. The van der Waals surface area contributed by atoms with Crippen LogP contribution in [0.2, 0.25) is 0 Å². The van der Waals surface area contributed by atoms with Crippen molar-refractivity contribution in [3.8, 4) is 0 Å². The third-order valence-corrected chi connectivity index (χ3v) is 2.48. The Balaban J connectivity index is 2.11. The van der Waals surface area contributed by atoms with Crippen LogP contribution in [0.1, 0.15) is 36.7 Å². The average Bonchev–Trinajstić information content (AvgIpc) is 2.71. The molecule has 1 aromatic carbocycles. The van der Waals surface area contributed by atoms with Gasteiger partial charge in [-0.05, 0) is 17.0 Å². The van der Waals surface area contributed by atoms with Crippen LogP contribution in [0, 0.1) is 0 Å². The summed E-state index contributed by atoms with van der Waals surface area (Å²) >= 11 is 0. The topological polar surface area (TPSA) is 41.6 Å². The Kier molecular flexibility index (Phi) is 2.81. The van der Waals surface area contributed by atoms with Crippen molar-refractivity contribution in [1.82, 2.24) is 15.2 Å². The molecule has 0 aliphatic rings. The summed E-state index contributed by atoms with van der Waals surface area (Å²) < 4.78 is 0. The Morgan fingerprint density at radius 2 is 1.93 bits per heavy atom.